The van der Waals surface area contributed by atoms with Crippen LogP contribution < -0.4 is 0 Å². The number of aliphatic carboxylic acids is 1. The zero-order valence-corrected chi connectivity index (χ0v) is 5.51. The molecule has 0 saturated carbocycles. The number of rotatable bonds is 1. The lowest BCUT2D eigenvalue weighted by molar-refractivity contribution is -0.135. The summed E-state index contributed by atoms with van der Waals surface area (Å²) in [4.78, 5) is 9.61. The Morgan fingerprint density at radius 2 is 2.17 bits per heavy atom. The van der Waals surface area contributed by atoms with Gasteiger partial charge in [0.25, 0.3) is 5.97 Å². The molecule has 0 aliphatic rings. The molecule has 0 aromatic rings. The van der Waals surface area contributed by atoms with E-state index in [2.05, 4.69) is 0 Å². The highest BCUT2D eigenvalue weighted by molar-refractivity contribution is 6.44. The van der Waals surface area contributed by atoms with Crippen molar-refractivity contribution in [2.45, 2.75) is 5.44 Å². The molecule has 0 aromatic heterocycles. The monoisotopic (exact) mass is 100 g/mol. The van der Waals surface area contributed by atoms with E-state index in [4.69, 9.17) is 13.0 Å². The SMILES string of the molecule is [B]C([SiH3])C(=O)O. The van der Waals surface area contributed by atoms with Crippen LogP contribution in [0.3, 0.4) is 0 Å². The van der Waals surface area contributed by atoms with Crippen LogP contribution in [-0.2, 0) is 4.79 Å². The van der Waals surface area contributed by atoms with Crippen molar-refractivity contribution in [1.82, 2.24) is 0 Å². The summed E-state index contributed by atoms with van der Waals surface area (Å²) in [7, 11) is 5.43. The lowest BCUT2D eigenvalue weighted by Gasteiger charge is -1.89. The molecule has 0 aliphatic carbocycles. The summed E-state index contributed by atoms with van der Waals surface area (Å²) in [5, 5.41) is 7.90. The van der Waals surface area contributed by atoms with E-state index in [9.17, 15) is 4.79 Å². The van der Waals surface area contributed by atoms with E-state index in [-0.39, 0.29) is 0 Å². The van der Waals surface area contributed by atoms with Crippen LogP contribution in [0.15, 0.2) is 0 Å². The molecule has 1 unspecified atom stereocenters. The second kappa shape index (κ2) is 2.02. The van der Waals surface area contributed by atoms with Crippen molar-refractivity contribution in [2.24, 2.45) is 0 Å². The lowest BCUT2D eigenvalue weighted by Crippen LogP contribution is -2.05. The van der Waals surface area contributed by atoms with E-state index >= 15 is 0 Å². The number of hydrogen-bond acceptors (Lipinski definition) is 1. The first kappa shape index (κ1) is 5.75. The first-order chi connectivity index (χ1) is 2.64. The highest BCUT2D eigenvalue weighted by atomic mass is 28.1. The molecule has 0 aliphatic heterocycles. The van der Waals surface area contributed by atoms with E-state index in [0.717, 1.165) is 0 Å². The summed E-state index contributed by atoms with van der Waals surface area (Å²) < 4.78 is 0. The summed E-state index contributed by atoms with van der Waals surface area (Å²) in [5.41, 5.74) is -0.593. The average Bonchev–Trinajstić information content (AvgIpc) is 1.36. The fourth-order valence-corrected chi connectivity index (χ4v) is 0. The van der Waals surface area contributed by atoms with Crippen molar-refractivity contribution in [2.75, 3.05) is 0 Å². The molecule has 0 heterocycles. The minimum atomic E-state index is -0.901. The second-order valence-corrected chi connectivity index (χ2v) is 2.37. The maximum absolute atomic E-state index is 9.61. The first-order valence-electron chi connectivity index (χ1n) is 1.63. The number of hydrogen-bond donors (Lipinski definition) is 1. The van der Waals surface area contributed by atoms with Gasteiger partial charge >= 0.3 is 0 Å². The van der Waals surface area contributed by atoms with Crippen LogP contribution in [0, 0.1) is 0 Å². The molecule has 2 nitrogen and oxygen atoms in total. The molecule has 0 aromatic carbocycles. The van der Waals surface area contributed by atoms with E-state index in [1.807, 2.05) is 0 Å². The summed E-state index contributed by atoms with van der Waals surface area (Å²) >= 11 is 0. The molecule has 4 heteroatoms. The van der Waals surface area contributed by atoms with E-state index in [0.29, 0.717) is 10.2 Å². The molecule has 6 heavy (non-hydrogen) atoms. The Bertz CT molecular complexity index is 62.6. The van der Waals surface area contributed by atoms with Gasteiger partial charge in [0, 0.05) is 15.7 Å². The number of carbonyl (C=O) groups is 1. The predicted molar refractivity (Wildman–Crippen MR) is 27.1 cm³/mol. The van der Waals surface area contributed by atoms with Crippen molar-refractivity contribution in [3.8, 4) is 0 Å². The van der Waals surface area contributed by atoms with Crippen LogP contribution in [0.1, 0.15) is 0 Å². The molecule has 2 radical (unpaired) electrons. The molecule has 0 bridgehead atoms. The normalized spacial score (nSPS) is 14.0. The zero-order valence-electron chi connectivity index (χ0n) is 3.51. The fraction of sp³-hybridized carbons (Fsp3) is 0.500. The smallest absolute Gasteiger partial charge is 0.294 e. The van der Waals surface area contributed by atoms with E-state index in [1.54, 1.807) is 0 Å². The van der Waals surface area contributed by atoms with Gasteiger partial charge in [-0.1, -0.05) is 0 Å². The number of carboxylic acid groups (broad SMARTS) is 1. The van der Waals surface area contributed by atoms with Gasteiger partial charge < -0.3 is 5.11 Å². The summed E-state index contributed by atoms with van der Waals surface area (Å²) in [6.45, 7) is 0. The minimum absolute atomic E-state index is 0.532. The van der Waals surface area contributed by atoms with Crippen LogP contribution in [0.4, 0.5) is 0 Å². The highest BCUT2D eigenvalue weighted by Gasteiger charge is 1.98. The fourth-order valence-electron chi connectivity index (χ4n) is 0. The van der Waals surface area contributed by atoms with Crippen molar-refractivity contribution < 1.29 is 9.90 Å². The summed E-state index contributed by atoms with van der Waals surface area (Å²) in [5.74, 6) is -0.901. The third kappa shape index (κ3) is 2.02. The van der Waals surface area contributed by atoms with Gasteiger partial charge in [0.05, 0.1) is 7.85 Å². The first-order valence-corrected chi connectivity index (χ1v) is 2.78. The molecule has 0 rings (SSSR count). The molecule has 32 valence electrons. The second-order valence-electron chi connectivity index (χ2n) is 1.13. The maximum Gasteiger partial charge on any atom is 0.294 e. The van der Waals surface area contributed by atoms with Gasteiger partial charge in [-0.05, 0) is 0 Å². The lowest BCUT2D eigenvalue weighted by atomic mass is 10.1. The Kier molecular flexibility index (Phi) is 1.94. The molecule has 0 saturated heterocycles. The average molecular weight is 100.0 g/mol. The van der Waals surface area contributed by atoms with Crippen LogP contribution in [0.25, 0.3) is 0 Å². The van der Waals surface area contributed by atoms with Crippen molar-refractivity contribution >= 4 is 24.1 Å². The van der Waals surface area contributed by atoms with E-state index in [1.165, 1.54) is 0 Å². The van der Waals surface area contributed by atoms with Crippen LogP contribution in [-0.4, -0.2) is 29.2 Å². The molecule has 0 spiro atoms. The Morgan fingerprint density at radius 3 is 2.17 bits per heavy atom. The molecule has 1 atom stereocenters. The zero-order chi connectivity index (χ0) is 5.15. The Balaban J connectivity index is 3.26. The molecule has 0 amide bonds. The van der Waals surface area contributed by atoms with Crippen molar-refractivity contribution in [3.05, 3.63) is 0 Å². The summed E-state index contributed by atoms with van der Waals surface area (Å²) in [6, 6.07) is 0. The quantitative estimate of drug-likeness (QED) is 0.401. The highest BCUT2D eigenvalue weighted by Crippen LogP contribution is 1.84. The third-order valence-corrected chi connectivity index (χ3v) is 0.883. The molecule has 0 fully saturated rings. The van der Waals surface area contributed by atoms with Gasteiger partial charge in [0.1, 0.15) is 0 Å². The van der Waals surface area contributed by atoms with Gasteiger partial charge in [-0.25, -0.2) is 0 Å². The topological polar surface area (TPSA) is 37.3 Å². The molecular weight excluding hydrogens is 94.9 g/mol. The largest absolute Gasteiger partial charge is 0.482 e. The summed E-state index contributed by atoms with van der Waals surface area (Å²) in [6.07, 6.45) is 0. The third-order valence-electron chi connectivity index (χ3n) is 0.390. The Morgan fingerprint density at radius 1 is 2.00 bits per heavy atom. The van der Waals surface area contributed by atoms with Gasteiger partial charge in [-0.3, -0.25) is 4.79 Å². The molecule has 1 N–H and O–H groups in total. The molecular formula is C2H5BO2Si. The van der Waals surface area contributed by atoms with E-state index < -0.39 is 11.4 Å². The minimum Gasteiger partial charge on any atom is -0.482 e. The van der Waals surface area contributed by atoms with Crippen molar-refractivity contribution in [3.63, 3.8) is 0 Å². The standard InChI is InChI=1S/C2H5BO2Si/c3-1(6)2(4)5/h1H,6H3,(H,4,5). The maximum atomic E-state index is 9.61. The van der Waals surface area contributed by atoms with Gasteiger partial charge in [0.2, 0.25) is 0 Å². The van der Waals surface area contributed by atoms with Gasteiger partial charge in [-0.2, -0.15) is 0 Å². The van der Waals surface area contributed by atoms with Gasteiger partial charge in [0.15, 0.2) is 0 Å². The van der Waals surface area contributed by atoms with Crippen LogP contribution >= 0.6 is 0 Å². The van der Waals surface area contributed by atoms with Gasteiger partial charge in [-0.15, -0.1) is 0 Å². The van der Waals surface area contributed by atoms with Crippen LogP contribution in [0.2, 0.25) is 5.44 Å². The van der Waals surface area contributed by atoms with Crippen LogP contribution in [0.5, 0.6) is 0 Å². The predicted octanol–water partition coefficient (Wildman–Crippen LogP) is -1.65. The number of carboxylic acids is 1. The van der Waals surface area contributed by atoms with Crippen molar-refractivity contribution in [1.29, 1.82) is 0 Å². The Labute approximate surface area is 40.4 Å². The Hall–Kier alpha value is -0.248.